The molecule has 1 aromatic heterocycles. The molecule has 0 spiro atoms. The molecule has 0 atom stereocenters. The van der Waals surface area contributed by atoms with Gasteiger partial charge in [-0.25, -0.2) is 4.98 Å². The van der Waals surface area contributed by atoms with Gasteiger partial charge >= 0.3 is 7.12 Å². The molecule has 0 saturated carbocycles. The van der Waals surface area contributed by atoms with Gasteiger partial charge in [-0.15, -0.1) is 0 Å². The van der Waals surface area contributed by atoms with E-state index in [2.05, 4.69) is 12.1 Å². The third-order valence-corrected chi connectivity index (χ3v) is 4.51. The molecule has 3 nitrogen and oxygen atoms in total. The minimum Gasteiger partial charge on any atom is -0.423 e. The molecule has 0 fully saturated rings. The van der Waals surface area contributed by atoms with E-state index in [9.17, 15) is 10.0 Å². The Balaban J connectivity index is 1.85. The van der Waals surface area contributed by atoms with Crippen LogP contribution in [0.4, 0.5) is 0 Å². The zero-order chi connectivity index (χ0) is 18.6. The highest BCUT2D eigenvalue weighted by Gasteiger charge is 2.12. The van der Waals surface area contributed by atoms with Crippen LogP contribution in [0.15, 0.2) is 97.1 Å². The fraction of sp³-hybridized carbons (Fsp3) is 0. The maximum atomic E-state index is 9.32. The van der Waals surface area contributed by atoms with E-state index in [1.807, 2.05) is 72.8 Å². The summed E-state index contributed by atoms with van der Waals surface area (Å²) < 4.78 is 0. The molecule has 0 saturated heterocycles. The summed E-state index contributed by atoms with van der Waals surface area (Å²) in [5, 5.41) is 18.6. The number of benzene rings is 3. The van der Waals surface area contributed by atoms with Crippen LogP contribution in [-0.4, -0.2) is 22.2 Å². The Labute approximate surface area is 158 Å². The lowest BCUT2D eigenvalue weighted by atomic mass is 9.80. The molecule has 0 aliphatic heterocycles. The van der Waals surface area contributed by atoms with Gasteiger partial charge in [0.05, 0.1) is 11.4 Å². The lowest BCUT2D eigenvalue weighted by Gasteiger charge is -2.11. The first-order valence-electron chi connectivity index (χ1n) is 8.80. The summed E-state index contributed by atoms with van der Waals surface area (Å²) in [7, 11) is -1.46. The van der Waals surface area contributed by atoms with Gasteiger partial charge < -0.3 is 10.0 Å². The first kappa shape index (κ1) is 17.2. The SMILES string of the molecule is OB(O)c1ccc(-c2cc(-c3ccccc3)nc(-c3ccccc3)c2)cc1. The maximum Gasteiger partial charge on any atom is 0.488 e. The number of hydrogen-bond donors (Lipinski definition) is 2. The molecule has 0 amide bonds. The highest BCUT2D eigenvalue weighted by Crippen LogP contribution is 2.29. The van der Waals surface area contributed by atoms with Crippen molar-refractivity contribution < 1.29 is 10.0 Å². The topological polar surface area (TPSA) is 53.4 Å². The third kappa shape index (κ3) is 3.82. The molecule has 3 aromatic carbocycles. The second-order valence-electron chi connectivity index (χ2n) is 6.35. The van der Waals surface area contributed by atoms with E-state index in [0.29, 0.717) is 5.46 Å². The molecule has 0 unspecified atom stereocenters. The van der Waals surface area contributed by atoms with Gasteiger partial charge in [0.2, 0.25) is 0 Å². The lowest BCUT2D eigenvalue weighted by molar-refractivity contribution is 0.426. The van der Waals surface area contributed by atoms with Gasteiger partial charge in [0.1, 0.15) is 0 Å². The Morgan fingerprint density at radius 3 is 1.44 bits per heavy atom. The first-order chi connectivity index (χ1) is 13.2. The Hall–Kier alpha value is -3.21. The molecule has 0 bridgehead atoms. The summed E-state index contributed by atoms with van der Waals surface area (Å²) in [5.74, 6) is 0. The third-order valence-electron chi connectivity index (χ3n) is 4.51. The van der Waals surface area contributed by atoms with Crippen LogP contribution in [0.3, 0.4) is 0 Å². The highest BCUT2D eigenvalue weighted by molar-refractivity contribution is 6.58. The number of aromatic nitrogens is 1. The van der Waals surface area contributed by atoms with E-state index < -0.39 is 7.12 Å². The van der Waals surface area contributed by atoms with E-state index in [0.717, 1.165) is 33.6 Å². The molecular weight excluding hydrogens is 333 g/mol. The minimum atomic E-state index is -1.46. The average Bonchev–Trinajstić information content (AvgIpc) is 2.75. The van der Waals surface area contributed by atoms with E-state index in [-0.39, 0.29) is 0 Å². The van der Waals surface area contributed by atoms with Crippen LogP contribution in [0.1, 0.15) is 0 Å². The summed E-state index contributed by atoms with van der Waals surface area (Å²) in [5.41, 5.74) is 6.41. The summed E-state index contributed by atoms with van der Waals surface area (Å²) in [6.45, 7) is 0. The van der Waals surface area contributed by atoms with Crippen LogP contribution in [-0.2, 0) is 0 Å². The Morgan fingerprint density at radius 2 is 1.00 bits per heavy atom. The second-order valence-corrected chi connectivity index (χ2v) is 6.35. The Kier molecular flexibility index (Phi) is 4.83. The zero-order valence-electron chi connectivity index (χ0n) is 14.7. The van der Waals surface area contributed by atoms with Crippen molar-refractivity contribution in [1.29, 1.82) is 0 Å². The van der Waals surface area contributed by atoms with Gasteiger partial charge in [0.15, 0.2) is 0 Å². The summed E-state index contributed by atoms with van der Waals surface area (Å²) >= 11 is 0. The molecular formula is C23H18BNO2. The molecule has 1 heterocycles. The predicted molar refractivity (Wildman–Crippen MR) is 110 cm³/mol. The highest BCUT2D eigenvalue weighted by atomic mass is 16.4. The van der Waals surface area contributed by atoms with Crippen molar-refractivity contribution >= 4 is 12.6 Å². The minimum absolute atomic E-state index is 0.472. The molecule has 2 N–H and O–H groups in total. The number of nitrogens with zero attached hydrogens (tertiary/aromatic N) is 1. The van der Waals surface area contributed by atoms with Crippen molar-refractivity contribution in [2.45, 2.75) is 0 Å². The summed E-state index contributed by atoms with van der Waals surface area (Å²) in [6.07, 6.45) is 0. The van der Waals surface area contributed by atoms with Gasteiger partial charge in [-0.3, -0.25) is 0 Å². The van der Waals surface area contributed by atoms with Gasteiger partial charge in [0, 0.05) is 11.1 Å². The van der Waals surface area contributed by atoms with Crippen LogP contribution < -0.4 is 5.46 Å². The van der Waals surface area contributed by atoms with E-state index >= 15 is 0 Å². The maximum absolute atomic E-state index is 9.32. The van der Waals surface area contributed by atoms with Crippen molar-refractivity contribution in [3.63, 3.8) is 0 Å². The first-order valence-corrected chi connectivity index (χ1v) is 8.80. The molecule has 0 radical (unpaired) electrons. The largest absolute Gasteiger partial charge is 0.488 e. The van der Waals surface area contributed by atoms with Crippen molar-refractivity contribution in [2.24, 2.45) is 0 Å². The monoisotopic (exact) mass is 351 g/mol. The second kappa shape index (κ2) is 7.58. The van der Waals surface area contributed by atoms with Crippen molar-refractivity contribution in [2.75, 3.05) is 0 Å². The molecule has 0 aliphatic rings. The van der Waals surface area contributed by atoms with Gasteiger partial charge in [0.25, 0.3) is 0 Å². The quantitative estimate of drug-likeness (QED) is 0.551. The molecule has 4 aromatic rings. The fourth-order valence-corrected chi connectivity index (χ4v) is 3.06. The molecule has 27 heavy (non-hydrogen) atoms. The smallest absolute Gasteiger partial charge is 0.423 e. The van der Waals surface area contributed by atoms with Gasteiger partial charge in [-0.1, -0.05) is 84.9 Å². The van der Waals surface area contributed by atoms with E-state index in [1.54, 1.807) is 12.1 Å². The fourth-order valence-electron chi connectivity index (χ4n) is 3.06. The molecule has 0 aliphatic carbocycles. The zero-order valence-corrected chi connectivity index (χ0v) is 14.7. The van der Waals surface area contributed by atoms with E-state index in [1.165, 1.54) is 0 Å². The average molecular weight is 351 g/mol. The van der Waals surface area contributed by atoms with Crippen LogP contribution in [0.2, 0.25) is 0 Å². The Morgan fingerprint density at radius 1 is 0.519 bits per heavy atom. The van der Waals surface area contributed by atoms with Crippen LogP contribution in [0.25, 0.3) is 33.6 Å². The molecule has 4 rings (SSSR count). The standard InChI is InChI=1S/C23H18BNO2/c26-24(27)21-13-11-17(12-14-21)20-15-22(18-7-3-1-4-8-18)25-23(16-20)19-9-5-2-6-10-19/h1-16,26-27H. The summed E-state index contributed by atoms with van der Waals surface area (Å²) in [6, 6.07) is 31.6. The Bertz CT molecular complexity index is 975. The van der Waals surface area contributed by atoms with Gasteiger partial charge in [-0.2, -0.15) is 0 Å². The van der Waals surface area contributed by atoms with Gasteiger partial charge in [-0.05, 0) is 28.7 Å². The van der Waals surface area contributed by atoms with Crippen LogP contribution in [0, 0.1) is 0 Å². The summed E-state index contributed by atoms with van der Waals surface area (Å²) in [4.78, 5) is 4.87. The van der Waals surface area contributed by atoms with Crippen molar-refractivity contribution in [3.8, 4) is 33.6 Å². The lowest BCUT2D eigenvalue weighted by Crippen LogP contribution is -2.29. The van der Waals surface area contributed by atoms with Crippen molar-refractivity contribution in [3.05, 3.63) is 97.1 Å². The van der Waals surface area contributed by atoms with Crippen LogP contribution in [0.5, 0.6) is 0 Å². The number of hydrogen-bond acceptors (Lipinski definition) is 3. The molecule has 130 valence electrons. The van der Waals surface area contributed by atoms with Crippen molar-refractivity contribution in [1.82, 2.24) is 4.98 Å². The predicted octanol–water partition coefficient (Wildman–Crippen LogP) is 3.76. The number of rotatable bonds is 4. The molecule has 4 heteroatoms. The van der Waals surface area contributed by atoms with E-state index in [4.69, 9.17) is 4.98 Å². The van der Waals surface area contributed by atoms with Crippen LogP contribution >= 0.6 is 0 Å². The normalized spacial score (nSPS) is 10.6. The number of pyridine rings is 1.